The van der Waals surface area contributed by atoms with Crippen molar-refractivity contribution in [2.45, 2.75) is 0 Å². The molecule has 0 aliphatic heterocycles. The second-order valence-corrected chi connectivity index (χ2v) is 6.13. The van der Waals surface area contributed by atoms with Crippen LogP contribution in [0.15, 0.2) is 25.3 Å². The van der Waals surface area contributed by atoms with Gasteiger partial charge in [0.25, 0.3) is 0 Å². The van der Waals surface area contributed by atoms with E-state index in [9.17, 15) is 0 Å². The first-order chi connectivity index (χ1) is 4.83. The summed E-state index contributed by atoms with van der Waals surface area (Å²) in [5.74, 6) is 0. The molecule has 0 fully saturated rings. The van der Waals surface area contributed by atoms with Gasteiger partial charge in [-0.15, -0.1) is 0 Å². The van der Waals surface area contributed by atoms with E-state index in [1.807, 2.05) is 0 Å². The van der Waals surface area contributed by atoms with Crippen molar-refractivity contribution in [1.82, 2.24) is 0 Å². The maximum absolute atomic E-state index is 7.87. The fraction of sp³-hybridized carbons (Fsp3) is 0. The van der Waals surface area contributed by atoms with Crippen molar-refractivity contribution < 1.29 is 29.3 Å². The van der Waals surface area contributed by atoms with Gasteiger partial charge < -0.3 is 9.79 Å². The molecule has 0 aliphatic rings. The van der Waals surface area contributed by atoms with Crippen LogP contribution in [-0.4, -0.2) is 9.79 Å². The predicted molar refractivity (Wildman–Crippen MR) is 58.8 cm³/mol. The van der Waals surface area contributed by atoms with Gasteiger partial charge in [-0.25, -0.2) is 39.2 Å². The van der Waals surface area contributed by atoms with Crippen LogP contribution in [0.25, 0.3) is 0 Å². The molecule has 68 valence electrons. The zero-order valence-electron chi connectivity index (χ0n) is 6.89. The van der Waals surface area contributed by atoms with Crippen molar-refractivity contribution in [3.05, 3.63) is 39.2 Å². The summed E-state index contributed by atoms with van der Waals surface area (Å²) in [6, 6.07) is 0. The van der Waals surface area contributed by atoms with Crippen molar-refractivity contribution in [2.24, 2.45) is 0 Å². The van der Waals surface area contributed by atoms with Gasteiger partial charge in [-0.1, -0.05) is 12.2 Å². The number of rotatable bonds is 0. The molecule has 0 aromatic rings. The molecule has 0 bridgehead atoms. The monoisotopic (exact) mass is 276 g/mol. The Morgan fingerprint density at radius 1 is 1.25 bits per heavy atom. The van der Waals surface area contributed by atoms with Gasteiger partial charge in [-0.05, 0) is 11.8 Å². The van der Waals surface area contributed by atoms with Crippen LogP contribution in [0.5, 0.6) is 0 Å². The Labute approximate surface area is 97.9 Å². The number of allylic oxidation sites excluding steroid dienone is 2. The molecule has 0 radical (unpaired) electrons. The third kappa shape index (κ3) is 1760. The van der Waals surface area contributed by atoms with Crippen LogP contribution >= 0.6 is 17.9 Å². The molecule has 0 aromatic heterocycles. The summed E-state index contributed by atoms with van der Waals surface area (Å²) in [7, 11) is 0. The Bertz CT molecular complexity index is 121. The van der Waals surface area contributed by atoms with E-state index in [0.717, 1.165) is 0 Å². The van der Waals surface area contributed by atoms with E-state index in [1.165, 1.54) is 12.2 Å². The zero-order valence-corrected chi connectivity index (χ0v) is 12.5. The summed E-state index contributed by atoms with van der Waals surface area (Å²) in [6.07, 6.45) is 3.00. The largest absolute Gasteiger partial charge is 2.00 e. The summed E-state index contributed by atoms with van der Waals surface area (Å²) in [4.78, 5) is 15.7. The second-order valence-electron chi connectivity index (χ2n) is 1.09. The Kier molecular flexibility index (Phi) is 34.0. The quantitative estimate of drug-likeness (QED) is 0.275. The van der Waals surface area contributed by atoms with E-state index >= 15 is 0 Å². The maximum Gasteiger partial charge on any atom is 2.00 e. The molecule has 6 heteroatoms. The molecule has 2 N–H and O–H groups in total. The first kappa shape index (κ1) is 23.0. The molecule has 0 spiro atoms. The van der Waals surface area contributed by atoms with Gasteiger partial charge in [0.1, 0.15) is 0 Å². The van der Waals surface area contributed by atoms with E-state index in [2.05, 4.69) is 51.1 Å². The van der Waals surface area contributed by atoms with E-state index in [1.54, 1.807) is 0 Å². The summed E-state index contributed by atoms with van der Waals surface area (Å²) >= 11 is 7.07. The molecule has 0 unspecified atom stereocenters. The van der Waals surface area contributed by atoms with Gasteiger partial charge in [0.2, 0.25) is 5.69 Å². The fourth-order valence-electron chi connectivity index (χ4n) is 0. The van der Waals surface area contributed by atoms with Crippen LogP contribution in [-0.2, 0) is 31.3 Å². The maximum atomic E-state index is 7.87. The third-order valence-electron chi connectivity index (χ3n) is 0. The first-order valence-electron chi connectivity index (χ1n) is 2.42. The molecule has 0 amide bonds. The van der Waals surface area contributed by atoms with Crippen molar-refractivity contribution in [3.63, 3.8) is 0 Å². The molecule has 12 heavy (non-hydrogen) atoms. The SMILES string of the molecule is C=C[CH2-].C=C[CH2-].OP(O)(=S)S.[Zn+2]. The molecule has 0 rings (SSSR count). The molecule has 2 nitrogen and oxygen atoms in total. The summed E-state index contributed by atoms with van der Waals surface area (Å²) in [6.45, 7) is 13.0. The van der Waals surface area contributed by atoms with Crippen molar-refractivity contribution in [3.8, 4) is 0 Å². The van der Waals surface area contributed by atoms with E-state index in [-0.39, 0.29) is 19.5 Å². The van der Waals surface area contributed by atoms with Crippen molar-refractivity contribution in [1.29, 1.82) is 0 Å². The average Bonchev–Trinajstić information content (AvgIpc) is 1.62. The Balaban J connectivity index is -0.0000000406. The summed E-state index contributed by atoms with van der Waals surface area (Å²) in [5.41, 5.74) is -3.11. The van der Waals surface area contributed by atoms with Gasteiger partial charge in [-0.2, -0.15) is 0 Å². The molecule has 0 saturated heterocycles. The van der Waals surface area contributed by atoms with Crippen molar-refractivity contribution in [2.75, 3.05) is 0 Å². The Morgan fingerprint density at radius 2 is 1.25 bits per heavy atom. The van der Waals surface area contributed by atoms with Crippen LogP contribution in [0.3, 0.4) is 0 Å². The van der Waals surface area contributed by atoms with Crippen LogP contribution in [0.4, 0.5) is 0 Å². The molecule has 0 atom stereocenters. The minimum atomic E-state index is -3.11. The normalized spacial score (nSPS) is 6.92. The third-order valence-corrected chi connectivity index (χ3v) is 0. The van der Waals surface area contributed by atoms with Gasteiger partial charge >= 0.3 is 19.5 Å². The Morgan fingerprint density at radius 3 is 1.25 bits per heavy atom. The molecule has 0 aromatic carbocycles. The van der Waals surface area contributed by atoms with Gasteiger partial charge in [0.05, 0.1) is 0 Å². The first-order valence-corrected chi connectivity index (χ1v) is 6.28. The minimum absolute atomic E-state index is 0. The van der Waals surface area contributed by atoms with Crippen LogP contribution < -0.4 is 0 Å². The van der Waals surface area contributed by atoms with Crippen molar-refractivity contribution >= 4 is 29.7 Å². The molecular formula is C6H13O2PS2Zn. The number of thiol groups is 1. The molecule has 0 heterocycles. The minimum Gasteiger partial charge on any atom is -0.338 e. The number of hydrogen-bond acceptors (Lipinski definition) is 1. The summed E-state index contributed by atoms with van der Waals surface area (Å²) < 4.78 is 0. The fourth-order valence-corrected chi connectivity index (χ4v) is 0. The van der Waals surface area contributed by atoms with E-state index < -0.39 is 5.69 Å². The Hall–Kier alpha value is 0.763. The van der Waals surface area contributed by atoms with Gasteiger partial charge in [0.15, 0.2) is 0 Å². The van der Waals surface area contributed by atoms with E-state index in [4.69, 9.17) is 9.79 Å². The van der Waals surface area contributed by atoms with E-state index in [0.29, 0.717) is 0 Å². The smallest absolute Gasteiger partial charge is 0.338 e. The van der Waals surface area contributed by atoms with Gasteiger partial charge in [0, 0.05) is 0 Å². The summed E-state index contributed by atoms with van der Waals surface area (Å²) in [5, 5.41) is 0. The second kappa shape index (κ2) is 17.7. The van der Waals surface area contributed by atoms with Gasteiger partial charge in [-0.3, -0.25) is 0 Å². The zero-order chi connectivity index (χ0) is 9.91. The predicted octanol–water partition coefficient (Wildman–Crippen LogP) is 2.14. The topological polar surface area (TPSA) is 40.5 Å². The van der Waals surface area contributed by atoms with Crippen LogP contribution in [0.1, 0.15) is 0 Å². The molecular weight excluding hydrogens is 265 g/mol. The number of hydrogen-bond donors (Lipinski definition) is 3. The molecule has 0 saturated carbocycles. The standard InChI is InChI=1S/2C3H5.H3O2PS2.Zn/c2*1-3-2;1-3(2,4)5;/h2*3H,1-2H2;(H3,1,2,4,5);/q2*-1;;+2. The van der Waals surface area contributed by atoms with Crippen LogP contribution in [0, 0.1) is 13.8 Å². The average molecular weight is 278 g/mol. The van der Waals surface area contributed by atoms with Crippen LogP contribution in [0.2, 0.25) is 0 Å². The molecule has 0 aliphatic carbocycles.